The van der Waals surface area contributed by atoms with Gasteiger partial charge in [-0.25, -0.2) is 0 Å². The van der Waals surface area contributed by atoms with E-state index in [0.717, 1.165) is 31.2 Å². The first-order chi connectivity index (χ1) is 10.6. The Morgan fingerprint density at radius 2 is 1.95 bits per heavy atom. The molecule has 0 heterocycles. The average molecular weight is 328 g/mol. The van der Waals surface area contributed by atoms with Crippen molar-refractivity contribution in [2.75, 3.05) is 13.2 Å². The minimum atomic E-state index is -0.775. The summed E-state index contributed by atoms with van der Waals surface area (Å²) in [6.45, 7) is 3.27. The molecule has 0 amide bonds. The fourth-order valence-corrected chi connectivity index (χ4v) is 2.78. The summed E-state index contributed by atoms with van der Waals surface area (Å²) in [5.41, 5.74) is 6.62. The predicted octanol–water partition coefficient (Wildman–Crippen LogP) is 3.82. The van der Waals surface area contributed by atoms with E-state index in [9.17, 15) is 4.79 Å². The Labute approximate surface area is 137 Å². The van der Waals surface area contributed by atoms with E-state index < -0.39 is 5.97 Å². The van der Waals surface area contributed by atoms with Crippen LogP contribution in [0.2, 0.25) is 5.02 Å². The van der Waals surface area contributed by atoms with Gasteiger partial charge in [0.2, 0.25) is 0 Å². The largest absolute Gasteiger partial charge is 0.481 e. The van der Waals surface area contributed by atoms with Gasteiger partial charge in [0.05, 0.1) is 12.5 Å². The second-order valence-corrected chi connectivity index (χ2v) is 5.87. The fraction of sp³-hybridized carbons (Fsp3) is 0.588. The molecule has 0 saturated carbocycles. The molecule has 1 aromatic rings. The molecule has 0 aliphatic heterocycles. The van der Waals surface area contributed by atoms with Crippen LogP contribution in [0.15, 0.2) is 24.3 Å². The number of rotatable bonds is 11. The Bertz CT molecular complexity index is 430. The normalized spacial score (nSPS) is 13.8. The van der Waals surface area contributed by atoms with E-state index in [0.29, 0.717) is 18.2 Å². The molecule has 0 aliphatic carbocycles. The standard InChI is InChI=1S/C17H26ClNO3/c1-2-22-16(10-11-19)5-3-4-14(12-17(20)21)13-6-8-15(18)9-7-13/h6-9,14,16H,2-5,10-12,19H2,1H3,(H,20,21)/t14-,16?/m0/s1. The van der Waals surface area contributed by atoms with Gasteiger partial charge in [-0.05, 0) is 56.3 Å². The number of aliphatic carboxylic acids is 1. The quantitative estimate of drug-likeness (QED) is 0.648. The van der Waals surface area contributed by atoms with Crippen molar-refractivity contribution in [1.82, 2.24) is 0 Å². The molecule has 124 valence electrons. The number of carboxylic acid groups (broad SMARTS) is 1. The van der Waals surface area contributed by atoms with Gasteiger partial charge in [0.25, 0.3) is 0 Å². The lowest BCUT2D eigenvalue weighted by Gasteiger charge is -2.19. The van der Waals surface area contributed by atoms with Gasteiger partial charge in [0.15, 0.2) is 0 Å². The summed E-state index contributed by atoms with van der Waals surface area (Å²) in [6.07, 6.45) is 3.81. The first kappa shape index (κ1) is 18.9. The molecule has 1 unspecified atom stereocenters. The van der Waals surface area contributed by atoms with Crippen molar-refractivity contribution in [2.45, 2.75) is 51.0 Å². The molecule has 0 radical (unpaired) electrons. The highest BCUT2D eigenvalue weighted by atomic mass is 35.5. The van der Waals surface area contributed by atoms with Crippen LogP contribution in [0.4, 0.5) is 0 Å². The summed E-state index contributed by atoms with van der Waals surface area (Å²) in [4.78, 5) is 11.1. The van der Waals surface area contributed by atoms with Crippen LogP contribution in [-0.2, 0) is 9.53 Å². The van der Waals surface area contributed by atoms with Crippen LogP contribution in [0.5, 0.6) is 0 Å². The van der Waals surface area contributed by atoms with E-state index in [-0.39, 0.29) is 18.4 Å². The van der Waals surface area contributed by atoms with Gasteiger partial charge in [-0.2, -0.15) is 0 Å². The van der Waals surface area contributed by atoms with Crippen LogP contribution in [0.25, 0.3) is 0 Å². The lowest BCUT2D eigenvalue weighted by Crippen LogP contribution is -2.18. The van der Waals surface area contributed by atoms with E-state index in [2.05, 4.69) is 0 Å². The van der Waals surface area contributed by atoms with Crippen LogP contribution >= 0.6 is 11.6 Å². The molecule has 0 aliphatic rings. The third kappa shape index (κ3) is 7.25. The molecule has 1 aromatic carbocycles. The Kier molecular flexibility index (Phi) is 9.13. The number of nitrogens with two attached hydrogens (primary N) is 1. The summed E-state index contributed by atoms with van der Waals surface area (Å²) in [5.74, 6) is -0.766. The first-order valence-corrected chi connectivity index (χ1v) is 8.23. The number of benzene rings is 1. The molecule has 0 bridgehead atoms. The smallest absolute Gasteiger partial charge is 0.303 e. The van der Waals surface area contributed by atoms with E-state index in [1.54, 1.807) is 0 Å². The van der Waals surface area contributed by atoms with Crippen LogP contribution in [0.3, 0.4) is 0 Å². The van der Waals surface area contributed by atoms with Crippen molar-refractivity contribution >= 4 is 17.6 Å². The maximum absolute atomic E-state index is 11.1. The van der Waals surface area contributed by atoms with Crippen molar-refractivity contribution in [3.8, 4) is 0 Å². The zero-order valence-corrected chi connectivity index (χ0v) is 13.9. The van der Waals surface area contributed by atoms with Gasteiger partial charge in [-0.1, -0.05) is 30.2 Å². The van der Waals surface area contributed by atoms with E-state index in [1.165, 1.54) is 0 Å². The Morgan fingerprint density at radius 3 is 2.50 bits per heavy atom. The maximum Gasteiger partial charge on any atom is 0.303 e. The molecule has 0 saturated heterocycles. The molecule has 0 fully saturated rings. The van der Waals surface area contributed by atoms with Gasteiger partial charge >= 0.3 is 5.97 Å². The lowest BCUT2D eigenvalue weighted by atomic mass is 9.90. The van der Waals surface area contributed by atoms with E-state index in [4.69, 9.17) is 27.2 Å². The van der Waals surface area contributed by atoms with E-state index in [1.807, 2.05) is 31.2 Å². The first-order valence-electron chi connectivity index (χ1n) is 7.85. The Balaban J connectivity index is 2.57. The summed E-state index contributed by atoms with van der Waals surface area (Å²) < 4.78 is 5.65. The van der Waals surface area contributed by atoms with Crippen LogP contribution in [-0.4, -0.2) is 30.3 Å². The van der Waals surface area contributed by atoms with Crippen molar-refractivity contribution < 1.29 is 14.6 Å². The summed E-state index contributed by atoms with van der Waals surface area (Å²) >= 11 is 5.89. The van der Waals surface area contributed by atoms with Crippen molar-refractivity contribution in [2.24, 2.45) is 5.73 Å². The SMILES string of the molecule is CCOC(CCN)CCC[C@@H](CC(=O)O)c1ccc(Cl)cc1. The Hall–Kier alpha value is -1.10. The van der Waals surface area contributed by atoms with Crippen LogP contribution in [0, 0.1) is 0 Å². The average Bonchev–Trinajstić information content (AvgIpc) is 2.47. The second-order valence-electron chi connectivity index (χ2n) is 5.43. The molecular weight excluding hydrogens is 302 g/mol. The Morgan fingerprint density at radius 1 is 1.27 bits per heavy atom. The van der Waals surface area contributed by atoms with Crippen molar-refractivity contribution in [3.05, 3.63) is 34.9 Å². The molecule has 4 nitrogen and oxygen atoms in total. The second kappa shape index (κ2) is 10.6. The summed E-state index contributed by atoms with van der Waals surface area (Å²) in [5, 5.41) is 9.77. The molecule has 22 heavy (non-hydrogen) atoms. The van der Waals surface area contributed by atoms with Gasteiger partial charge in [0, 0.05) is 11.6 Å². The molecule has 5 heteroatoms. The monoisotopic (exact) mass is 327 g/mol. The van der Waals surface area contributed by atoms with Crippen molar-refractivity contribution in [3.63, 3.8) is 0 Å². The highest BCUT2D eigenvalue weighted by Crippen LogP contribution is 2.27. The third-order valence-electron chi connectivity index (χ3n) is 3.73. The van der Waals surface area contributed by atoms with Crippen LogP contribution in [0.1, 0.15) is 50.5 Å². The molecule has 2 atom stereocenters. The molecule has 0 aromatic heterocycles. The van der Waals surface area contributed by atoms with Crippen LogP contribution < -0.4 is 5.73 Å². The van der Waals surface area contributed by atoms with E-state index >= 15 is 0 Å². The molecule has 1 rings (SSSR count). The molecule has 3 N–H and O–H groups in total. The number of hydrogen-bond donors (Lipinski definition) is 2. The number of halogens is 1. The highest BCUT2D eigenvalue weighted by molar-refractivity contribution is 6.30. The van der Waals surface area contributed by atoms with Gasteiger partial charge < -0.3 is 15.6 Å². The predicted molar refractivity (Wildman–Crippen MR) is 89.4 cm³/mol. The number of hydrogen-bond acceptors (Lipinski definition) is 3. The minimum Gasteiger partial charge on any atom is -0.481 e. The number of ether oxygens (including phenoxy) is 1. The molecule has 0 spiro atoms. The van der Waals surface area contributed by atoms with Gasteiger partial charge in [-0.3, -0.25) is 4.79 Å². The van der Waals surface area contributed by atoms with Crippen molar-refractivity contribution in [1.29, 1.82) is 0 Å². The maximum atomic E-state index is 11.1. The summed E-state index contributed by atoms with van der Waals surface area (Å²) in [6, 6.07) is 7.44. The van der Waals surface area contributed by atoms with Gasteiger partial charge in [0.1, 0.15) is 0 Å². The topological polar surface area (TPSA) is 72.5 Å². The molecular formula is C17H26ClNO3. The fourth-order valence-electron chi connectivity index (χ4n) is 2.66. The number of carbonyl (C=O) groups is 1. The zero-order valence-electron chi connectivity index (χ0n) is 13.1. The number of carboxylic acids is 1. The van der Waals surface area contributed by atoms with Gasteiger partial charge in [-0.15, -0.1) is 0 Å². The highest BCUT2D eigenvalue weighted by Gasteiger charge is 2.17. The summed E-state index contributed by atoms with van der Waals surface area (Å²) in [7, 11) is 0. The lowest BCUT2D eigenvalue weighted by molar-refractivity contribution is -0.137. The third-order valence-corrected chi connectivity index (χ3v) is 3.98. The zero-order chi connectivity index (χ0) is 16.4. The minimum absolute atomic E-state index is 0.00918.